The van der Waals surface area contributed by atoms with Crippen LogP contribution in [0.15, 0.2) is 42.7 Å². The molecular weight excluding hydrogens is 263 g/mol. The maximum absolute atomic E-state index is 13.3. The Morgan fingerprint density at radius 2 is 2.10 bits per heavy atom. The molecule has 0 N–H and O–H groups in total. The zero-order valence-corrected chi connectivity index (χ0v) is 12.4. The average Bonchev–Trinajstić information content (AvgIpc) is 2.50. The summed E-state index contributed by atoms with van der Waals surface area (Å²) in [5, 5.41) is 0. The van der Waals surface area contributed by atoms with Crippen molar-refractivity contribution in [3.63, 3.8) is 0 Å². The van der Waals surface area contributed by atoms with Crippen LogP contribution in [0.4, 0.5) is 4.39 Å². The van der Waals surface area contributed by atoms with E-state index < -0.39 is 0 Å². The lowest BCUT2D eigenvalue weighted by molar-refractivity contribution is 0.152. The van der Waals surface area contributed by atoms with E-state index in [-0.39, 0.29) is 5.82 Å². The highest BCUT2D eigenvalue weighted by molar-refractivity contribution is 5.62. The summed E-state index contributed by atoms with van der Waals surface area (Å²) in [7, 11) is 0. The highest BCUT2D eigenvalue weighted by Gasteiger charge is 2.18. The number of halogens is 1. The van der Waals surface area contributed by atoms with Gasteiger partial charge in [0.2, 0.25) is 0 Å². The molecule has 2 aromatic rings. The zero-order valence-electron chi connectivity index (χ0n) is 12.4. The van der Waals surface area contributed by atoms with Gasteiger partial charge in [0.15, 0.2) is 0 Å². The molecule has 1 aliphatic heterocycles. The molecule has 0 saturated carbocycles. The van der Waals surface area contributed by atoms with Crippen molar-refractivity contribution < 1.29 is 4.39 Å². The Morgan fingerprint density at radius 3 is 2.90 bits per heavy atom. The molecule has 3 heteroatoms. The minimum Gasteiger partial charge on any atom is -0.296 e. The van der Waals surface area contributed by atoms with Crippen LogP contribution in [-0.2, 0) is 6.54 Å². The van der Waals surface area contributed by atoms with Crippen LogP contribution in [0.2, 0.25) is 0 Å². The van der Waals surface area contributed by atoms with Crippen LogP contribution in [-0.4, -0.2) is 22.5 Å². The fourth-order valence-electron chi connectivity index (χ4n) is 3.03. The summed E-state index contributed by atoms with van der Waals surface area (Å²) in [5.74, 6) is -0.206. The third-order valence-corrected chi connectivity index (χ3v) is 4.28. The van der Waals surface area contributed by atoms with Crippen molar-refractivity contribution in [1.29, 1.82) is 0 Å². The minimum absolute atomic E-state index is 0.206. The molecule has 110 valence electrons. The third-order valence-electron chi connectivity index (χ3n) is 4.28. The fraction of sp³-hybridized carbons (Fsp3) is 0.389. The molecule has 0 radical (unpaired) electrons. The first kappa shape index (κ1) is 14.2. The molecular formula is C18H21FN2. The second-order valence-electron chi connectivity index (χ2n) is 5.91. The van der Waals surface area contributed by atoms with Gasteiger partial charge in [-0.1, -0.05) is 18.6 Å². The molecule has 0 aliphatic carbocycles. The lowest BCUT2D eigenvalue weighted by Crippen LogP contribution is -2.36. The van der Waals surface area contributed by atoms with E-state index in [0.29, 0.717) is 6.04 Å². The highest BCUT2D eigenvalue weighted by atomic mass is 19.1. The van der Waals surface area contributed by atoms with Gasteiger partial charge in [-0.2, -0.15) is 0 Å². The van der Waals surface area contributed by atoms with E-state index in [0.717, 1.165) is 24.2 Å². The van der Waals surface area contributed by atoms with Crippen molar-refractivity contribution >= 4 is 0 Å². The van der Waals surface area contributed by atoms with Crippen LogP contribution >= 0.6 is 0 Å². The number of benzene rings is 1. The maximum Gasteiger partial charge on any atom is 0.123 e. The molecule has 1 aliphatic rings. The van der Waals surface area contributed by atoms with E-state index >= 15 is 0 Å². The van der Waals surface area contributed by atoms with Gasteiger partial charge in [0.1, 0.15) is 5.82 Å². The third kappa shape index (κ3) is 3.48. The molecule has 3 rings (SSSR count). The predicted octanol–water partition coefficient (Wildman–Crippen LogP) is 4.26. The molecule has 1 aromatic heterocycles. The molecule has 0 spiro atoms. The van der Waals surface area contributed by atoms with Crippen LogP contribution in [0.1, 0.15) is 31.7 Å². The van der Waals surface area contributed by atoms with Crippen LogP contribution in [0, 0.1) is 5.82 Å². The van der Waals surface area contributed by atoms with Crippen molar-refractivity contribution in [3.05, 3.63) is 54.1 Å². The summed E-state index contributed by atoms with van der Waals surface area (Å²) in [6.07, 6.45) is 7.61. The standard InChI is InChI=1S/C18H21FN2/c1-14-5-2-3-8-21(14)13-15-9-17(12-20-11-15)16-6-4-7-18(19)10-16/h4,6-7,9-12,14H,2-3,5,8,13H2,1H3/t14-/m1/s1. The Balaban J connectivity index is 1.80. The summed E-state index contributed by atoms with van der Waals surface area (Å²) in [6.45, 7) is 4.38. The number of likely N-dealkylation sites (tertiary alicyclic amines) is 1. The number of aromatic nitrogens is 1. The van der Waals surface area contributed by atoms with Gasteiger partial charge >= 0.3 is 0 Å². The van der Waals surface area contributed by atoms with Crippen LogP contribution in [0.25, 0.3) is 11.1 Å². The van der Waals surface area contributed by atoms with Crippen molar-refractivity contribution in [2.24, 2.45) is 0 Å². The molecule has 2 heterocycles. The van der Waals surface area contributed by atoms with Gasteiger partial charge in [-0.25, -0.2) is 4.39 Å². The SMILES string of the molecule is C[C@@H]1CCCCN1Cc1cncc(-c2cccc(F)c2)c1. The van der Waals surface area contributed by atoms with Gasteiger partial charge in [-0.3, -0.25) is 9.88 Å². The van der Waals surface area contributed by atoms with Gasteiger partial charge in [-0.15, -0.1) is 0 Å². The van der Waals surface area contributed by atoms with Crippen LogP contribution < -0.4 is 0 Å². The quantitative estimate of drug-likeness (QED) is 0.837. The van der Waals surface area contributed by atoms with Crippen molar-refractivity contribution in [2.45, 2.75) is 38.8 Å². The normalized spacial score (nSPS) is 19.6. The second kappa shape index (κ2) is 6.35. The molecule has 0 unspecified atom stereocenters. The number of hydrogen-bond donors (Lipinski definition) is 0. The largest absolute Gasteiger partial charge is 0.296 e. The second-order valence-corrected chi connectivity index (χ2v) is 5.91. The summed E-state index contributed by atoms with van der Waals surface area (Å²) >= 11 is 0. The molecule has 21 heavy (non-hydrogen) atoms. The first-order valence-corrected chi connectivity index (χ1v) is 7.66. The van der Waals surface area contributed by atoms with Crippen molar-refractivity contribution in [2.75, 3.05) is 6.54 Å². The fourth-order valence-corrected chi connectivity index (χ4v) is 3.03. The van der Waals surface area contributed by atoms with Gasteiger partial charge in [0.05, 0.1) is 0 Å². The lowest BCUT2D eigenvalue weighted by atomic mass is 10.0. The Hall–Kier alpha value is -1.74. The van der Waals surface area contributed by atoms with Gasteiger partial charge in [0.25, 0.3) is 0 Å². The lowest BCUT2D eigenvalue weighted by Gasteiger charge is -2.33. The Morgan fingerprint density at radius 1 is 1.19 bits per heavy atom. The monoisotopic (exact) mass is 284 g/mol. The first-order valence-electron chi connectivity index (χ1n) is 7.66. The molecule has 2 nitrogen and oxygen atoms in total. The van der Waals surface area contributed by atoms with Crippen LogP contribution in [0.3, 0.4) is 0 Å². The average molecular weight is 284 g/mol. The van der Waals surface area contributed by atoms with E-state index in [1.54, 1.807) is 18.3 Å². The van der Waals surface area contributed by atoms with E-state index in [4.69, 9.17) is 0 Å². The summed E-state index contributed by atoms with van der Waals surface area (Å²) in [4.78, 5) is 6.84. The molecule has 1 aromatic carbocycles. The highest BCUT2D eigenvalue weighted by Crippen LogP contribution is 2.23. The number of pyridine rings is 1. The Kier molecular flexibility index (Phi) is 4.30. The summed E-state index contributed by atoms with van der Waals surface area (Å²) < 4.78 is 13.3. The molecule has 1 fully saturated rings. The van der Waals surface area contributed by atoms with Gasteiger partial charge < -0.3 is 0 Å². The Bertz CT molecular complexity index is 612. The number of piperidine rings is 1. The van der Waals surface area contributed by atoms with Crippen LogP contribution in [0.5, 0.6) is 0 Å². The van der Waals surface area contributed by atoms with Gasteiger partial charge in [0, 0.05) is 30.5 Å². The molecule has 0 amide bonds. The predicted molar refractivity (Wildman–Crippen MR) is 83.4 cm³/mol. The van der Waals surface area contributed by atoms with E-state index in [2.05, 4.69) is 22.9 Å². The van der Waals surface area contributed by atoms with E-state index in [1.807, 2.05) is 12.3 Å². The number of nitrogens with zero attached hydrogens (tertiary/aromatic N) is 2. The molecule has 1 saturated heterocycles. The zero-order chi connectivity index (χ0) is 14.7. The van der Waals surface area contributed by atoms with E-state index in [1.165, 1.54) is 30.9 Å². The maximum atomic E-state index is 13.3. The first-order chi connectivity index (χ1) is 10.2. The number of hydrogen-bond acceptors (Lipinski definition) is 2. The summed E-state index contributed by atoms with van der Waals surface area (Å²) in [5.41, 5.74) is 3.07. The van der Waals surface area contributed by atoms with E-state index in [9.17, 15) is 4.39 Å². The Labute approximate surface area is 125 Å². The summed E-state index contributed by atoms with van der Waals surface area (Å²) in [6, 6.07) is 9.46. The smallest absolute Gasteiger partial charge is 0.123 e. The molecule has 1 atom stereocenters. The minimum atomic E-state index is -0.206. The molecule has 0 bridgehead atoms. The number of rotatable bonds is 3. The van der Waals surface area contributed by atoms with Crippen molar-refractivity contribution in [1.82, 2.24) is 9.88 Å². The van der Waals surface area contributed by atoms with Crippen molar-refractivity contribution in [3.8, 4) is 11.1 Å². The van der Waals surface area contributed by atoms with Gasteiger partial charge in [-0.05, 0) is 55.6 Å². The topological polar surface area (TPSA) is 16.1 Å².